The molecule has 3 amide bonds. The maximum absolute atomic E-state index is 12.8. The van der Waals surface area contributed by atoms with Gasteiger partial charge < -0.3 is 32.6 Å². The van der Waals surface area contributed by atoms with Crippen molar-refractivity contribution in [2.45, 2.75) is 52.1 Å². The van der Waals surface area contributed by atoms with E-state index in [-0.39, 0.29) is 47.9 Å². The first-order valence-corrected chi connectivity index (χ1v) is 12.2. The lowest BCUT2D eigenvalue weighted by molar-refractivity contribution is -0.116. The fourth-order valence-corrected chi connectivity index (χ4v) is 3.35. The Bertz CT molecular complexity index is 1170. The molecule has 0 saturated carbocycles. The van der Waals surface area contributed by atoms with Crippen molar-refractivity contribution in [1.82, 2.24) is 20.2 Å². The second kappa shape index (κ2) is 13.4. The predicted molar refractivity (Wildman–Crippen MR) is 146 cm³/mol. The van der Waals surface area contributed by atoms with E-state index in [9.17, 15) is 14.4 Å². The predicted octanol–water partition coefficient (Wildman–Crippen LogP) is 2.51. The number of amides is 3. The molecule has 0 unspecified atom stereocenters. The van der Waals surface area contributed by atoms with Gasteiger partial charge in [0.05, 0.1) is 0 Å². The van der Waals surface area contributed by atoms with Gasteiger partial charge >= 0.3 is 6.09 Å². The molecule has 1 aromatic heterocycles. The van der Waals surface area contributed by atoms with Crippen molar-refractivity contribution in [3.8, 4) is 0 Å². The van der Waals surface area contributed by atoms with Crippen LogP contribution in [0.1, 0.15) is 56.1 Å². The number of ether oxygens (including phenoxy) is 1. The number of unbranched alkanes of at least 4 members (excludes halogenated alkanes) is 1. The molecule has 9 N–H and O–H groups in total. The van der Waals surface area contributed by atoms with Gasteiger partial charge in [-0.15, -0.1) is 0 Å². The number of alkyl carbamates (subject to hydrolysis) is 1. The Morgan fingerprint density at radius 3 is 2.34 bits per heavy atom. The fraction of sp³-hybridized carbons (Fsp3) is 0.417. The zero-order valence-electron chi connectivity index (χ0n) is 21.6. The number of nitrogens with two attached hydrogens (primary N) is 3. The average molecular weight is 548 g/mol. The number of aryl methyl sites for hydroxylation is 1. The molecule has 206 valence electrons. The minimum absolute atomic E-state index is 0.101. The smallest absolute Gasteiger partial charge is 0.407 e. The maximum Gasteiger partial charge on any atom is 0.407 e. The molecule has 2 rings (SSSR count). The number of anilines is 3. The van der Waals surface area contributed by atoms with Crippen LogP contribution in [0.25, 0.3) is 0 Å². The van der Waals surface area contributed by atoms with E-state index in [1.54, 1.807) is 32.9 Å². The summed E-state index contributed by atoms with van der Waals surface area (Å²) in [7, 11) is 0. The molecule has 1 heterocycles. The van der Waals surface area contributed by atoms with E-state index in [4.69, 9.17) is 38.9 Å². The van der Waals surface area contributed by atoms with Crippen LogP contribution in [0.5, 0.6) is 0 Å². The Morgan fingerprint density at radius 2 is 1.74 bits per heavy atom. The molecular formula is C24H34ClN9O4. The zero-order valence-corrected chi connectivity index (χ0v) is 22.4. The van der Waals surface area contributed by atoms with Gasteiger partial charge in [-0.2, -0.15) is 0 Å². The van der Waals surface area contributed by atoms with Crippen molar-refractivity contribution in [3.63, 3.8) is 0 Å². The molecule has 0 aliphatic carbocycles. The number of benzene rings is 1. The highest BCUT2D eigenvalue weighted by Crippen LogP contribution is 2.19. The van der Waals surface area contributed by atoms with Crippen molar-refractivity contribution >= 4 is 52.8 Å². The first-order chi connectivity index (χ1) is 17.8. The van der Waals surface area contributed by atoms with Gasteiger partial charge in [0, 0.05) is 25.2 Å². The average Bonchev–Trinajstić information content (AvgIpc) is 2.80. The molecule has 0 saturated heterocycles. The van der Waals surface area contributed by atoms with Crippen LogP contribution in [-0.2, 0) is 16.0 Å². The van der Waals surface area contributed by atoms with Crippen LogP contribution in [-0.4, -0.2) is 57.4 Å². The van der Waals surface area contributed by atoms with Crippen LogP contribution < -0.4 is 27.8 Å². The Labute approximate surface area is 226 Å². The molecule has 0 radical (unpaired) electrons. The summed E-state index contributed by atoms with van der Waals surface area (Å²) < 4.78 is 5.12. The van der Waals surface area contributed by atoms with Crippen LogP contribution in [0.4, 0.5) is 22.1 Å². The fourth-order valence-electron chi connectivity index (χ4n) is 3.23. The van der Waals surface area contributed by atoms with E-state index in [0.29, 0.717) is 24.9 Å². The van der Waals surface area contributed by atoms with Gasteiger partial charge in [0.25, 0.3) is 5.91 Å². The summed E-state index contributed by atoms with van der Waals surface area (Å²) >= 11 is 5.85. The van der Waals surface area contributed by atoms with E-state index in [1.807, 2.05) is 12.1 Å². The molecule has 0 atom stereocenters. The second-order valence-electron chi connectivity index (χ2n) is 9.36. The minimum Gasteiger partial charge on any atom is -0.444 e. The minimum atomic E-state index is -0.689. The normalized spacial score (nSPS) is 10.9. The third-order valence-electron chi connectivity index (χ3n) is 5.00. The summed E-state index contributed by atoms with van der Waals surface area (Å²) in [6.45, 7) is 5.61. The third-order valence-corrected chi connectivity index (χ3v) is 5.28. The molecule has 0 aliphatic heterocycles. The lowest BCUT2D eigenvalue weighted by atomic mass is 10.1. The van der Waals surface area contributed by atoms with Crippen molar-refractivity contribution in [2.24, 2.45) is 5.73 Å². The number of halogens is 1. The lowest BCUT2D eigenvalue weighted by Gasteiger charge is -2.20. The summed E-state index contributed by atoms with van der Waals surface area (Å²) in [5.74, 6) is -1.68. The molecule has 2 aromatic rings. The van der Waals surface area contributed by atoms with Crippen molar-refractivity contribution in [1.29, 1.82) is 5.41 Å². The van der Waals surface area contributed by atoms with Gasteiger partial charge in [-0.3, -0.25) is 19.9 Å². The largest absolute Gasteiger partial charge is 0.444 e. The SMILES string of the molecule is CC(C)(C)OC(=O)NCCC(=O)Nc1ccc(CCCCN(C(=N)N)C(=O)c2nc(Cl)c(N)nc2N)cc1. The number of carbonyl (C=O) groups excluding carboxylic acids is 3. The molecule has 14 heteroatoms. The quantitative estimate of drug-likeness (QED) is 0.146. The Hall–Kier alpha value is -4.13. The maximum atomic E-state index is 12.8. The summed E-state index contributed by atoms with van der Waals surface area (Å²) in [5.41, 5.74) is 17.7. The standard InChI is InChI=1S/C24H34ClN9O4/c1-24(2,3)38-23(37)30-12-11-16(35)31-15-9-7-14(8-10-15)6-4-5-13-34(22(28)29)21(36)17-19(26)33-20(27)18(25)32-17/h7-10H,4-6,11-13H2,1-3H3,(H3,28,29)(H,30,37)(H,31,35)(H4,26,27,33). The summed E-state index contributed by atoms with van der Waals surface area (Å²) in [6, 6.07) is 7.34. The van der Waals surface area contributed by atoms with Crippen molar-refractivity contribution in [2.75, 3.05) is 29.9 Å². The van der Waals surface area contributed by atoms with Gasteiger partial charge in [-0.1, -0.05) is 23.7 Å². The van der Waals surface area contributed by atoms with Crippen LogP contribution in [0, 0.1) is 5.41 Å². The van der Waals surface area contributed by atoms with Gasteiger partial charge in [0.1, 0.15) is 5.60 Å². The van der Waals surface area contributed by atoms with Gasteiger partial charge in [0.15, 0.2) is 28.4 Å². The second-order valence-corrected chi connectivity index (χ2v) is 9.71. The highest BCUT2D eigenvalue weighted by atomic mass is 35.5. The van der Waals surface area contributed by atoms with E-state index in [0.717, 1.165) is 10.5 Å². The lowest BCUT2D eigenvalue weighted by Crippen LogP contribution is -2.42. The molecule has 0 fully saturated rings. The van der Waals surface area contributed by atoms with Crippen molar-refractivity contribution < 1.29 is 19.1 Å². The van der Waals surface area contributed by atoms with Gasteiger partial charge in [-0.05, 0) is 57.7 Å². The number of aromatic nitrogens is 2. The Morgan fingerprint density at radius 1 is 1.08 bits per heavy atom. The van der Waals surface area contributed by atoms with E-state index in [1.165, 1.54) is 0 Å². The van der Waals surface area contributed by atoms with Gasteiger partial charge in [-0.25, -0.2) is 14.8 Å². The van der Waals surface area contributed by atoms with E-state index >= 15 is 0 Å². The molecule has 0 aliphatic rings. The summed E-state index contributed by atoms with van der Waals surface area (Å²) in [4.78, 5) is 45.2. The molecule has 13 nitrogen and oxygen atoms in total. The monoisotopic (exact) mass is 547 g/mol. The number of nitrogens with zero attached hydrogens (tertiary/aromatic N) is 3. The number of carbonyl (C=O) groups is 3. The first-order valence-electron chi connectivity index (χ1n) is 11.9. The number of hydrogen-bond acceptors (Lipinski definition) is 9. The number of hydrogen-bond donors (Lipinski definition) is 6. The zero-order chi connectivity index (χ0) is 28.5. The van der Waals surface area contributed by atoms with Crippen LogP contribution in [0.2, 0.25) is 5.15 Å². The van der Waals surface area contributed by atoms with E-state index in [2.05, 4.69) is 20.6 Å². The van der Waals surface area contributed by atoms with Crippen LogP contribution in [0.3, 0.4) is 0 Å². The van der Waals surface area contributed by atoms with Crippen LogP contribution in [0.15, 0.2) is 24.3 Å². The molecule has 0 bridgehead atoms. The molecule has 38 heavy (non-hydrogen) atoms. The molecular weight excluding hydrogens is 514 g/mol. The topological polar surface area (TPSA) is 215 Å². The summed E-state index contributed by atoms with van der Waals surface area (Å²) in [5, 5.41) is 12.9. The Kier molecular flexibility index (Phi) is 10.6. The molecule has 1 aromatic carbocycles. The van der Waals surface area contributed by atoms with Crippen LogP contribution >= 0.6 is 11.6 Å². The van der Waals surface area contributed by atoms with Crippen molar-refractivity contribution in [3.05, 3.63) is 40.7 Å². The van der Waals surface area contributed by atoms with E-state index < -0.39 is 23.6 Å². The third kappa shape index (κ3) is 9.73. The Balaban J connectivity index is 1.79. The summed E-state index contributed by atoms with van der Waals surface area (Å²) in [6.07, 6.45) is 1.47. The first kappa shape index (κ1) is 30.1. The highest BCUT2D eigenvalue weighted by molar-refractivity contribution is 6.31. The highest BCUT2D eigenvalue weighted by Gasteiger charge is 2.24. The molecule has 0 spiro atoms. The number of nitrogen functional groups attached to an aromatic ring is 2. The number of nitrogens with one attached hydrogen (secondary N) is 3. The number of rotatable bonds is 10. The number of guanidine groups is 1. The van der Waals surface area contributed by atoms with Gasteiger partial charge in [0.2, 0.25) is 5.91 Å².